The molecule has 2 aliphatic rings. The fraction of sp³-hybridized carbons (Fsp3) is 0.500. The van der Waals surface area contributed by atoms with Gasteiger partial charge in [0.05, 0.1) is 23.3 Å². The quantitative estimate of drug-likeness (QED) is 0.295. The Morgan fingerprint density at radius 2 is 1.45 bits per heavy atom. The molecule has 1 saturated carbocycles. The first-order chi connectivity index (χ1) is 18.9. The largest absolute Gasteiger partial charge is 0.416 e. The molecule has 5 rings (SSSR count). The summed E-state index contributed by atoms with van der Waals surface area (Å²) in [5, 5.41) is 7.78. The third-order valence-corrected chi connectivity index (χ3v) is 8.09. The molecule has 5 nitrogen and oxygen atoms in total. The molecule has 216 valence electrons. The molecule has 0 spiro atoms. The maximum atomic E-state index is 13.7. The van der Waals surface area contributed by atoms with Gasteiger partial charge in [0.1, 0.15) is 18.5 Å². The highest BCUT2D eigenvalue weighted by Crippen LogP contribution is 2.41. The Kier molecular flexibility index (Phi) is 7.93. The lowest BCUT2D eigenvalue weighted by atomic mass is 9.86. The second-order valence-electron chi connectivity index (χ2n) is 10.6. The number of rotatable bonds is 6. The molecule has 1 unspecified atom stereocenters. The fourth-order valence-corrected chi connectivity index (χ4v) is 5.97. The van der Waals surface area contributed by atoms with Gasteiger partial charge >= 0.3 is 12.4 Å². The minimum absolute atomic E-state index is 0.116. The number of piperidine rings is 1. The van der Waals surface area contributed by atoms with Crippen LogP contribution in [0.2, 0.25) is 0 Å². The minimum Gasteiger partial charge on any atom is -0.370 e. The maximum Gasteiger partial charge on any atom is 0.416 e. The molecule has 2 fully saturated rings. The SMILES string of the molecule is C[C@@H](O[C@H]1CCN(C2CC[C@H](n3cnnc3)C2)C[C@@H]1c1ccc(F)cc1)c1cc(C(F)(F)F)cc(C(F)(F)F)c1. The number of benzene rings is 2. The highest BCUT2D eigenvalue weighted by molar-refractivity contribution is 5.35. The number of hydrogen-bond donors (Lipinski definition) is 0. The number of ether oxygens (including phenoxy) is 1. The van der Waals surface area contributed by atoms with Gasteiger partial charge in [-0.15, -0.1) is 10.2 Å². The van der Waals surface area contributed by atoms with Crippen molar-refractivity contribution in [1.82, 2.24) is 19.7 Å². The van der Waals surface area contributed by atoms with Gasteiger partial charge in [-0.2, -0.15) is 26.3 Å². The predicted molar refractivity (Wildman–Crippen MR) is 132 cm³/mol. The summed E-state index contributed by atoms with van der Waals surface area (Å²) in [6.45, 7) is 2.69. The average molecular weight is 571 g/mol. The lowest BCUT2D eigenvalue weighted by Crippen LogP contribution is -2.47. The summed E-state index contributed by atoms with van der Waals surface area (Å²) in [6, 6.07) is 8.11. The van der Waals surface area contributed by atoms with Gasteiger partial charge in [-0.25, -0.2) is 4.39 Å². The van der Waals surface area contributed by atoms with E-state index in [0.717, 1.165) is 24.8 Å². The number of likely N-dealkylation sites (tertiary alicyclic amines) is 1. The van der Waals surface area contributed by atoms with Crippen molar-refractivity contribution in [2.75, 3.05) is 13.1 Å². The van der Waals surface area contributed by atoms with Crippen LogP contribution in [0.5, 0.6) is 0 Å². The zero-order valence-electron chi connectivity index (χ0n) is 21.7. The van der Waals surface area contributed by atoms with Gasteiger partial charge in [-0.05, 0) is 74.1 Å². The van der Waals surface area contributed by atoms with Gasteiger partial charge in [0, 0.05) is 31.1 Å². The van der Waals surface area contributed by atoms with Crippen LogP contribution in [-0.2, 0) is 17.1 Å². The molecular weight excluding hydrogens is 541 g/mol. The molecule has 0 amide bonds. The Morgan fingerprint density at radius 3 is 2.05 bits per heavy atom. The van der Waals surface area contributed by atoms with Crippen molar-refractivity contribution >= 4 is 0 Å². The van der Waals surface area contributed by atoms with E-state index in [2.05, 4.69) is 15.1 Å². The summed E-state index contributed by atoms with van der Waals surface area (Å²) >= 11 is 0. The Labute approximate surface area is 227 Å². The zero-order chi connectivity index (χ0) is 28.7. The summed E-state index contributed by atoms with van der Waals surface area (Å²) < 4.78 is 103. The van der Waals surface area contributed by atoms with Crippen LogP contribution in [0.1, 0.15) is 72.9 Å². The second kappa shape index (κ2) is 11.1. The summed E-state index contributed by atoms with van der Waals surface area (Å²) in [5.41, 5.74) is -2.14. The van der Waals surface area contributed by atoms with Gasteiger partial charge in [0.25, 0.3) is 0 Å². The number of hydrogen-bond acceptors (Lipinski definition) is 4. The van der Waals surface area contributed by atoms with E-state index in [1.165, 1.54) is 19.1 Å². The van der Waals surface area contributed by atoms with Crippen LogP contribution in [0.4, 0.5) is 30.7 Å². The van der Waals surface area contributed by atoms with E-state index < -0.39 is 41.5 Å². The van der Waals surface area contributed by atoms with Crippen molar-refractivity contribution in [3.05, 3.63) is 83.2 Å². The first-order valence-corrected chi connectivity index (χ1v) is 13.2. The second-order valence-corrected chi connectivity index (χ2v) is 10.6. The van der Waals surface area contributed by atoms with Crippen LogP contribution in [0.15, 0.2) is 55.1 Å². The molecule has 5 atom stereocenters. The van der Waals surface area contributed by atoms with Crippen LogP contribution in [0.3, 0.4) is 0 Å². The molecule has 1 aliphatic carbocycles. The molecule has 1 saturated heterocycles. The maximum absolute atomic E-state index is 13.7. The molecule has 2 heterocycles. The molecule has 3 aromatic rings. The number of halogens is 7. The van der Waals surface area contributed by atoms with Crippen LogP contribution in [0, 0.1) is 5.82 Å². The summed E-state index contributed by atoms with van der Waals surface area (Å²) in [4.78, 5) is 2.36. The summed E-state index contributed by atoms with van der Waals surface area (Å²) in [6.07, 6.45) is -4.65. The molecular formula is C28H29F7N4O. The fourth-order valence-electron chi connectivity index (χ4n) is 5.97. The molecule has 0 bridgehead atoms. The van der Waals surface area contributed by atoms with Crippen LogP contribution in [0.25, 0.3) is 0 Å². The van der Waals surface area contributed by atoms with Crippen molar-refractivity contribution in [1.29, 1.82) is 0 Å². The molecule has 1 aliphatic heterocycles. The Bertz CT molecular complexity index is 1250. The standard InChI is InChI=1S/C28H29F7N4O/c1-17(19-10-20(27(30,31)32)12-21(11-19)28(33,34)35)40-26-8-9-38(14-25(26)18-2-4-22(29)5-3-18)23-6-7-24(13-23)39-15-36-37-16-39/h2-5,10-12,15-17,23-26H,6-9,13-14H2,1H3/t17-,23?,24+,25-,26+/m1/s1. The zero-order valence-corrected chi connectivity index (χ0v) is 21.7. The number of aromatic nitrogens is 3. The van der Waals surface area contributed by atoms with E-state index in [1.807, 2.05) is 4.57 Å². The van der Waals surface area contributed by atoms with Crippen molar-refractivity contribution in [3.63, 3.8) is 0 Å². The van der Waals surface area contributed by atoms with Gasteiger partial charge in [0.2, 0.25) is 0 Å². The van der Waals surface area contributed by atoms with Gasteiger partial charge in [-0.1, -0.05) is 12.1 Å². The summed E-state index contributed by atoms with van der Waals surface area (Å²) in [5.74, 6) is -0.655. The van der Waals surface area contributed by atoms with E-state index in [9.17, 15) is 30.7 Å². The average Bonchev–Trinajstić information content (AvgIpc) is 3.61. The monoisotopic (exact) mass is 570 g/mol. The van der Waals surface area contributed by atoms with E-state index in [0.29, 0.717) is 31.6 Å². The Hall–Kier alpha value is -2.99. The smallest absolute Gasteiger partial charge is 0.370 e. The van der Waals surface area contributed by atoms with E-state index >= 15 is 0 Å². The number of alkyl halides is 6. The van der Waals surface area contributed by atoms with Crippen molar-refractivity contribution in [2.24, 2.45) is 0 Å². The molecule has 40 heavy (non-hydrogen) atoms. The van der Waals surface area contributed by atoms with Gasteiger partial charge in [-0.3, -0.25) is 4.90 Å². The highest BCUT2D eigenvalue weighted by atomic mass is 19.4. The van der Waals surface area contributed by atoms with Crippen LogP contribution >= 0.6 is 0 Å². The molecule has 1 aromatic heterocycles. The Balaban J connectivity index is 1.37. The lowest BCUT2D eigenvalue weighted by Gasteiger charge is -2.42. The first-order valence-electron chi connectivity index (χ1n) is 13.2. The lowest BCUT2D eigenvalue weighted by molar-refractivity contribution is -0.143. The number of nitrogens with zero attached hydrogens (tertiary/aromatic N) is 4. The van der Waals surface area contributed by atoms with Crippen molar-refractivity contribution < 1.29 is 35.5 Å². The third-order valence-electron chi connectivity index (χ3n) is 8.09. The normalized spacial score (nSPS) is 25.3. The van der Waals surface area contributed by atoms with Crippen LogP contribution in [-0.4, -0.2) is 44.9 Å². The van der Waals surface area contributed by atoms with E-state index in [-0.39, 0.29) is 29.6 Å². The summed E-state index contributed by atoms with van der Waals surface area (Å²) in [7, 11) is 0. The van der Waals surface area contributed by atoms with Gasteiger partial charge < -0.3 is 9.30 Å². The first kappa shape index (κ1) is 28.5. The van der Waals surface area contributed by atoms with E-state index in [4.69, 9.17) is 4.74 Å². The highest BCUT2D eigenvalue weighted by Gasteiger charge is 2.40. The Morgan fingerprint density at radius 1 is 0.850 bits per heavy atom. The van der Waals surface area contributed by atoms with E-state index in [1.54, 1.807) is 24.8 Å². The minimum atomic E-state index is -4.94. The molecule has 12 heteroatoms. The topological polar surface area (TPSA) is 43.2 Å². The third kappa shape index (κ3) is 6.33. The van der Waals surface area contributed by atoms with Crippen molar-refractivity contribution in [2.45, 2.75) is 75.2 Å². The van der Waals surface area contributed by atoms with Crippen LogP contribution < -0.4 is 0 Å². The molecule has 0 N–H and O–H groups in total. The van der Waals surface area contributed by atoms with Crippen molar-refractivity contribution in [3.8, 4) is 0 Å². The van der Waals surface area contributed by atoms with Gasteiger partial charge in [0.15, 0.2) is 0 Å². The molecule has 0 radical (unpaired) electrons. The molecule has 2 aromatic carbocycles. The predicted octanol–water partition coefficient (Wildman–Crippen LogP) is 7.18.